The minimum absolute atomic E-state index is 0.0309. The fourth-order valence-corrected chi connectivity index (χ4v) is 2.37. The Labute approximate surface area is 128 Å². The van der Waals surface area contributed by atoms with Gasteiger partial charge in [0.05, 0.1) is 6.20 Å². The molecule has 0 spiro atoms. The number of rotatable bonds is 5. The van der Waals surface area contributed by atoms with Crippen LogP contribution in [0.2, 0.25) is 0 Å². The molecule has 0 bridgehead atoms. The average molecular weight is 322 g/mol. The lowest BCUT2D eigenvalue weighted by molar-refractivity contribution is -0.137. The summed E-state index contributed by atoms with van der Waals surface area (Å²) in [7, 11) is 0. The number of aromatic nitrogens is 3. The van der Waals surface area contributed by atoms with Crippen molar-refractivity contribution in [1.29, 1.82) is 0 Å². The zero-order valence-electron chi connectivity index (χ0n) is 11.7. The highest BCUT2D eigenvalue weighted by Crippen LogP contribution is 2.42. The molecule has 0 saturated heterocycles. The molecule has 1 saturated carbocycles. The molecule has 120 valence electrons. The van der Waals surface area contributed by atoms with Crippen LogP contribution in [0.25, 0.3) is 0 Å². The van der Waals surface area contributed by atoms with E-state index in [-0.39, 0.29) is 23.2 Å². The highest BCUT2D eigenvalue weighted by molar-refractivity contribution is 5.92. The predicted molar refractivity (Wildman–Crippen MR) is 72.6 cm³/mol. The maximum absolute atomic E-state index is 13.7. The van der Waals surface area contributed by atoms with Crippen LogP contribution in [-0.2, 0) is 11.3 Å². The van der Waals surface area contributed by atoms with Crippen LogP contribution in [0.3, 0.4) is 0 Å². The van der Waals surface area contributed by atoms with Crippen molar-refractivity contribution in [3.8, 4) is 0 Å². The normalized spacial score (nSPS) is 19.4. The van der Waals surface area contributed by atoms with E-state index in [0.29, 0.717) is 6.42 Å². The molecule has 0 unspecified atom stereocenters. The molecule has 2 N–H and O–H groups in total. The van der Waals surface area contributed by atoms with Crippen molar-refractivity contribution in [1.82, 2.24) is 20.3 Å². The Kier molecular flexibility index (Phi) is 3.77. The van der Waals surface area contributed by atoms with Crippen molar-refractivity contribution in [2.24, 2.45) is 0 Å². The smallest absolute Gasteiger partial charge is 0.325 e. The zero-order valence-corrected chi connectivity index (χ0v) is 11.7. The third-order valence-corrected chi connectivity index (χ3v) is 3.56. The second-order valence-electron chi connectivity index (χ2n) is 5.26. The van der Waals surface area contributed by atoms with Gasteiger partial charge in [-0.2, -0.15) is 0 Å². The third-order valence-electron chi connectivity index (χ3n) is 3.56. The number of carboxylic acids is 1. The molecule has 2 aromatic rings. The molecular weight excluding hydrogens is 310 g/mol. The Hall–Kier alpha value is -2.84. The van der Waals surface area contributed by atoms with Gasteiger partial charge in [-0.25, -0.2) is 13.5 Å². The second kappa shape index (κ2) is 5.75. The SMILES string of the molecule is O=C(O)Cn1cc(C(=O)N[C@@H]2C[C@H]2c2cccc(F)c2F)nn1. The number of carboxylic acid groups (broad SMARTS) is 1. The molecule has 3 rings (SSSR count). The number of amides is 1. The topological polar surface area (TPSA) is 97.1 Å². The number of carbonyl (C=O) groups is 2. The summed E-state index contributed by atoms with van der Waals surface area (Å²) in [5.41, 5.74) is 0.196. The van der Waals surface area contributed by atoms with Crippen molar-refractivity contribution in [3.63, 3.8) is 0 Å². The molecule has 1 aliphatic rings. The fraction of sp³-hybridized carbons (Fsp3) is 0.286. The molecule has 0 radical (unpaired) electrons. The van der Waals surface area contributed by atoms with Crippen LogP contribution in [0.4, 0.5) is 8.78 Å². The van der Waals surface area contributed by atoms with Gasteiger partial charge in [-0.15, -0.1) is 5.10 Å². The molecule has 1 fully saturated rings. The van der Waals surface area contributed by atoms with Crippen molar-refractivity contribution in [2.75, 3.05) is 0 Å². The second-order valence-corrected chi connectivity index (χ2v) is 5.26. The van der Waals surface area contributed by atoms with E-state index in [2.05, 4.69) is 15.6 Å². The molecule has 0 aliphatic heterocycles. The molecule has 23 heavy (non-hydrogen) atoms. The summed E-state index contributed by atoms with van der Waals surface area (Å²) >= 11 is 0. The summed E-state index contributed by atoms with van der Waals surface area (Å²) < 4.78 is 27.9. The number of nitrogens with one attached hydrogen (secondary N) is 1. The largest absolute Gasteiger partial charge is 0.480 e. The van der Waals surface area contributed by atoms with E-state index in [9.17, 15) is 18.4 Å². The van der Waals surface area contributed by atoms with Crippen LogP contribution in [0.5, 0.6) is 0 Å². The summed E-state index contributed by atoms with van der Waals surface area (Å²) in [6.07, 6.45) is 1.71. The van der Waals surface area contributed by atoms with Gasteiger partial charge in [-0.05, 0) is 18.1 Å². The van der Waals surface area contributed by atoms with E-state index in [1.165, 1.54) is 18.3 Å². The maximum atomic E-state index is 13.7. The molecule has 7 nitrogen and oxygen atoms in total. The fourth-order valence-electron chi connectivity index (χ4n) is 2.37. The van der Waals surface area contributed by atoms with Gasteiger partial charge in [-0.3, -0.25) is 9.59 Å². The molecule has 1 amide bonds. The first kappa shape index (κ1) is 15.1. The Morgan fingerprint density at radius 1 is 1.39 bits per heavy atom. The van der Waals surface area contributed by atoms with Gasteiger partial charge in [0.1, 0.15) is 6.54 Å². The van der Waals surface area contributed by atoms with Crippen molar-refractivity contribution >= 4 is 11.9 Å². The van der Waals surface area contributed by atoms with E-state index in [4.69, 9.17) is 5.11 Å². The predicted octanol–water partition coefficient (Wildman–Crippen LogP) is 0.927. The van der Waals surface area contributed by atoms with Crippen LogP contribution in [0.1, 0.15) is 28.4 Å². The number of aliphatic carboxylic acids is 1. The van der Waals surface area contributed by atoms with E-state index in [0.717, 1.165) is 10.7 Å². The van der Waals surface area contributed by atoms with E-state index in [1.54, 1.807) is 0 Å². The molecule has 1 aromatic heterocycles. The Morgan fingerprint density at radius 2 is 2.17 bits per heavy atom. The van der Waals surface area contributed by atoms with Crippen LogP contribution < -0.4 is 5.32 Å². The lowest BCUT2D eigenvalue weighted by Crippen LogP contribution is -2.27. The summed E-state index contributed by atoms with van der Waals surface area (Å²) in [4.78, 5) is 22.5. The van der Waals surface area contributed by atoms with Crippen LogP contribution >= 0.6 is 0 Å². The van der Waals surface area contributed by atoms with Gasteiger partial charge >= 0.3 is 5.97 Å². The Balaban J connectivity index is 1.63. The van der Waals surface area contributed by atoms with E-state index < -0.39 is 30.1 Å². The summed E-state index contributed by atoms with van der Waals surface area (Å²) in [5.74, 6) is -3.75. The van der Waals surface area contributed by atoms with Gasteiger partial charge in [0.25, 0.3) is 5.91 Å². The number of hydrogen-bond acceptors (Lipinski definition) is 4. The van der Waals surface area contributed by atoms with Gasteiger partial charge in [0, 0.05) is 12.0 Å². The Morgan fingerprint density at radius 3 is 2.91 bits per heavy atom. The minimum atomic E-state index is -1.11. The minimum Gasteiger partial charge on any atom is -0.480 e. The molecule has 1 heterocycles. The Bertz CT molecular complexity index is 777. The molecular formula is C14H12F2N4O3. The molecule has 9 heteroatoms. The van der Waals surface area contributed by atoms with Crippen LogP contribution in [-0.4, -0.2) is 38.0 Å². The summed E-state index contributed by atoms with van der Waals surface area (Å²) in [6, 6.07) is 3.62. The van der Waals surface area contributed by atoms with Gasteiger partial charge < -0.3 is 10.4 Å². The van der Waals surface area contributed by atoms with Crippen molar-refractivity contribution in [2.45, 2.75) is 24.9 Å². The first-order chi connectivity index (χ1) is 11.0. The van der Waals surface area contributed by atoms with Gasteiger partial charge in [0.15, 0.2) is 17.3 Å². The lowest BCUT2D eigenvalue weighted by Gasteiger charge is -2.04. The molecule has 2 atom stereocenters. The number of halogens is 2. The molecule has 1 aliphatic carbocycles. The zero-order chi connectivity index (χ0) is 16.6. The van der Waals surface area contributed by atoms with E-state index in [1.807, 2.05) is 0 Å². The maximum Gasteiger partial charge on any atom is 0.325 e. The van der Waals surface area contributed by atoms with Gasteiger partial charge in [0.2, 0.25) is 0 Å². The number of benzene rings is 1. The number of nitrogens with zero attached hydrogens (tertiary/aromatic N) is 3. The monoisotopic (exact) mass is 322 g/mol. The summed E-state index contributed by atoms with van der Waals surface area (Å²) in [6.45, 7) is -0.402. The van der Waals surface area contributed by atoms with Gasteiger partial charge in [-0.1, -0.05) is 17.3 Å². The van der Waals surface area contributed by atoms with E-state index >= 15 is 0 Å². The third kappa shape index (κ3) is 3.17. The highest BCUT2D eigenvalue weighted by atomic mass is 19.2. The average Bonchev–Trinajstić information content (AvgIpc) is 3.07. The van der Waals surface area contributed by atoms with Crippen LogP contribution in [0, 0.1) is 11.6 Å². The first-order valence-electron chi connectivity index (χ1n) is 6.82. The number of hydrogen-bond donors (Lipinski definition) is 2. The molecule has 1 aromatic carbocycles. The van der Waals surface area contributed by atoms with Crippen molar-refractivity contribution in [3.05, 3.63) is 47.3 Å². The number of carbonyl (C=O) groups excluding carboxylic acids is 1. The quantitative estimate of drug-likeness (QED) is 0.853. The van der Waals surface area contributed by atoms with Crippen LogP contribution in [0.15, 0.2) is 24.4 Å². The first-order valence-corrected chi connectivity index (χ1v) is 6.82. The summed E-state index contributed by atoms with van der Waals surface area (Å²) in [5, 5.41) is 18.4. The van der Waals surface area contributed by atoms with Crippen molar-refractivity contribution < 1.29 is 23.5 Å². The highest BCUT2D eigenvalue weighted by Gasteiger charge is 2.41. The lowest BCUT2D eigenvalue weighted by atomic mass is 10.1. The standard InChI is InChI=1S/C14H12F2N4O3/c15-9-3-1-2-7(13(9)16)8-4-10(8)17-14(23)11-5-20(19-18-11)6-12(21)22/h1-3,5,8,10H,4,6H2,(H,17,23)(H,21,22)/t8-,10+/m0/s1.